The van der Waals surface area contributed by atoms with E-state index in [1.807, 2.05) is 28.8 Å². The highest BCUT2D eigenvalue weighted by atomic mass is 16.2. The van der Waals surface area contributed by atoms with Crippen molar-refractivity contribution in [3.8, 4) is 0 Å². The van der Waals surface area contributed by atoms with Crippen molar-refractivity contribution >= 4 is 11.7 Å². The summed E-state index contributed by atoms with van der Waals surface area (Å²) in [6, 6.07) is 5.55. The number of amides is 2. The molecule has 0 atom stereocenters. The molecule has 3 heterocycles. The zero-order valence-electron chi connectivity index (χ0n) is 13.5. The van der Waals surface area contributed by atoms with Crippen molar-refractivity contribution in [2.24, 2.45) is 5.92 Å². The average molecular weight is 316 g/mol. The van der Waals surface area contributed by atoms with Gasteiger partial charge in [-0.25, -0.2) is 4.79 Å². The van der Waals surface area contributed by atoms with Gasteiger partial charge in [0.15, 0.2) is 11.5 Å². The molecule has 1 aliphatic rings. The minimum absolute atomic E-state index is 0.164. The summed E-state index contributed by atoms with van der Waals surface area (Å²) in [4.78, 5) is 14.3. The van der Waals surface area contributed by atoms with Gasteiger partial charge in [0.05, 0.1) is 6.54 Å². The SMILES string of the molecule is CC1CCN(CCNC(=O)NCc2nnc3ccccn23)CC1. The van der Waals surface area contributed by atoms with Gasteiger partial charge in [0.25, 0.3) is 0 Å². The summed E-state index contributed by atoms with van der Waals surface area (Å²) in [6.45, 7) is 6.51. The van der Waals surface area contributed by atoms with Gasteiger partial charge in [0.2, 0.25) is 0 Å². The van der Waals surface area contributed by atoms with Crippen molar-refractivity contribution in [2.45, 2.75) is 26.3 Å². The van der Waals surface area contributed by atoms with Crippen LogP contribution in [-0.4, -0.2) is 51.7 Å². The summed E-state index contributed by atoms with van der Waals surface area (Å²) in [5.41, 5.74) is 0.782. The molecule has 1 fully saturated rings. The van der Waals surface area contributed by atoms with Crippen LogP contribution in [0.2, 0.25) is 0 Å². The molecule has 2 amide bonds. The van der Waals surface area contributed by atoms with E-state index >= 15 is 0 Å². The summed E-state index contributed by atoms with van der Waals surface area (Å²) in [6.07, 6.45) is 4.40. The van der Waals surface area contributed by atoms with Gasteiger partial charge in [-0.15, -0.1) is 10.2 Å². The van der Waals surface area contributed by atoms with Crippen LogP contribution in [0, 0.1) is 5.92 Å². The van der Waals surface area contributed by atoms with Crippen molar-refractivity contribution in [1.29, 1.82) is 0 Å². The molecule has 0 radical (unpaired) electrons. The van der Waals surface area contributed by atoms with Gasteiger partial charge < -0.3 is 15.5 Å². The Kier molecular flexibility index (Phi) is 5.07. The molecule has 2 N–H and O–H groups in total. The standard InChI is InChI=1S/C16H24N6O/c1-13-5-9-21(10-6-13)11-7-17-16(23)18-12-15-20-19-14-4-2-3-8-22(14)15/h2-4,8,13H,5-7,9-12H2,1H3,(H2,17,18,23). The largest absolute Gasteiger partial charge is 0.337 e. The van der Waals surface area contributed by atoms with E-state index in [-0.39, 0.29) is 6.03 Å². The number of urea groups is 1. The summed E-state index contributed by atoms with van der Waals surface area (Å²) >= 11 is 0. The molecule has 23 heavy (non-hydrogen) atoms. The van der Waals surface area contributed by atoms with E-state index in [1.54, 1.807) is 0 Å². The maximum atomic E-state index is 11.9. The Labute approximate surface area is 136 Å². The van der Waals surface area contributed by atoms with Crippen LogP contribution in [-0.2, 0) is 6.54 Å². The van der Waals surface area contributed by atoms with Gasteiger partial charge in [-0.1, -0.05) is 13.0 Å². The lowest BCUT2D eigenvalue weighted by Gasteiger charge is -2.30. The number of pyridine rings is 1. The molecule has 2 aromatic rings. The van der Waals surface area contributed by atoms with Gasteiger partial charge in [-0.3, -0.25) is 4.40 Å². The number of piperidine rings is 1. The van der Waals surface area contributed by atoms with Crippen molar-refractivity contribution in [3.63, 3.8) is 0 Å². The molecular formula is C16H24N6O. The van der Waals surface area contributed by atoms with Gasteiger partial charge in [-0.05, 0) is 44.0 Å². The number of fused-ring (bicyclic) bond motifs is 1. The first-order valence-electron chi connectivity index (χ1n) is 8.25. The van der Waals surface area contributed by atoms with Crippen LogP contribution in [0.25, 0.3) is 5.65 Å². The van der Waals surface area contributed by atoms with Crippen molar-refractivity contribution in [2.75, 3.05) is 26.2 Å². The zero-order valence-corrected chi connectivity index (χ0v) is 13.5. The van der Waals surface area contributed by atoms with Crippen molar-refractivity contribution < 1.29 is 4.79 Å². The van der Waals surface area contributed by atoms with E-state index in [9.17, 15) is 4.79 Å². The van der Waals surface area contributed by atoms with Crippen molar-refractivity contribution in [3.05, 3.63) is 30.2 Å². The fraction of sp³-hybridized carbons (Fsp3) is 0.562. The molecular weight excluding hydrogens is 292 g/mol. The van der Waals surface area contributed by atoms with Crippen LogP contribution in [0.1, 0.15) is 25.6 Å². The number of carbonyl (C=O) groups is 1. The third kappa shape index (κ3) is 4.19. The second kappa shape index (κ2) is 7.41. The van der Waals surface area contributed by atoms with Crippen LogP contribution in [0.15, 0.2) is 24.4 Å². The van der Waals surface area contributed by atoms with Crippen LogP contribution in [0.4, 0.5) is 4.79 Å². The Morgan fingerprint density at radius 3 is 2.91 bits per heavy atom. The highest BCUT2D eigenvalue weighted by Crippen LogP contribution is 2.15. The number of likely N-dealkylation sites (tertiary alicyclic amines) is 1. The van der Waals surface area contributed by atoms with E-state index in [1.165, 1.54) is 12.8 Å². The number of carbonyl (C=O) groups excluding carboxylic acids is 1. The number of rotatable bonds is 5. The fourth-order valence-electron chi connectivity index (χ4n) is 2.85. The maximum Gasteiger partial charge on any atom is 0.315 e. The Balaban J connectivity index is 1.38. The highest BCUT2D eigenvalue weighted by Gasteiger charge is 2.15. The van der Waals surface area contributed by atoms with Crippen LogP contribution < -0.4 is 10.6 Å². The first-order valence-corrected chi connectivity index (χ1v) is 8.25. The lowest BCUT2D eigenvalue weighted by atomic mass is 9.99. The molecule has 0 unspecified atom stereocenters. The lowest BCUT2D eigenvalue weighted by Crippen LogP contribution is -2.42. The van der Waals surface area contributed by atoms with Gasteiger partial charge in [0.1, 0.15) is 0 Å². The number of hydrogen-bond acceptors (Lipinski definition) is 4. The molecule has 7 heteroatoms. The molecule has 0 spiro atoms. The minimum Gasteiger partial charge on any atom is -0.337 e. The monoisotopic (exact) mass is 316 g/mol. The normalized spacial score (nSPS) is 16.6. The lowest BCUT2D eigenvalue weighted by molar-refractivity contribution is 0.191. The number of hydrogen-bond donors (Lipinski definition) is 2. The molecule has 2 aromatic heterocycles. The van der Waals surface area contributed by atoms with Crippen molar-refractivity contribution in [1.82, 2.24) is 30.1 Å². The van der Waals surface area contributed by atoms with E-state index in [0.29, 0.717) is 13.1 Å². The topological polar surface area (TPSA) is 74.6 Å². The molecule has 0 aliphatic carbocycles. The summed E-state index contributed by atoms with van der Waals surface area (Å²) in [5.74, 6) is 1.56. The van der Waals surface area contributed by atoms with Crippen LogP contribution in [0.3, 0.4) is 0 Å². The predicted octanol–water partition coefficient (Wildman–Crippen LogP) is 1.26. The zero-order chi connectivity index (χ0) is 16.1. The molecule has 0 bridgehead atoms. The van der Waals surface area contributed by atoms with Crippen LogP contribution >= 0.6 is 0 Å². The second-order valence-corrected chi connectivity index (χ2v) is 6.18. The Morgan fingerprint density at radius 2 is 2.09 bits per heavy atom. The second-order valence-electron chi connectivity index (χ2n) is 6.18. The van der Waals surface area contributed by atoms with Gasteiger partial charge in [0, 0.05) is 19.3 Å². The molecule has 124 valence electrons. The average Bonchev–Trinajstić information content (AvgIpc) is 2.98. The molecule has 0 saturated carbocycles. The van der Waals surface area contributed by atoms with Crippen LogP contribution in [0.5, 0.6) is 0 Å². The minimum atomic E-state index is -0.164. The third-order valence-corrected chi connectivity index (χ3v) is 4.38. The molecule has 1 saturated heterocycles. The van der Waals surface area contributed by atoms with Gasteiger partial charge in [-0.2, -0.15) is 0 Å². The Morgan fingerprint density at radius 1 is 1.26 bits per heavy atom. The first kappa shape index (κ1) is 15.7. The third-order valence-electron chi connectivity index (χ3n) is 4.38. The Bertz CT molecular complexity index is 647. The highest BCUT2D eigenvalue weighted by molar-refractivity contribution is 5.73. The molecule has 1 aliphatic heterocycles. The number of nitrogens with zero attached hydrogens (tertiary/aromatic N) is 4. The predicted molar refractivity (Wildman–Crippen MR) is 88.1 cm³/mol. The summed E-state index contributed by atoms with van der Waals surface area (Å²) in [5, 5.41) is 13.9. The summed E-state index contributed by atoms with van der Waals surface area (Å²) in [7, 11) is 0. The van der Waals surface area contributed by atoms with E-state index in [4.69, 9.17) is 0 Å². The maximum absolute atomic E-state index is 11.9. The molecule has 7 nitrogen and oxygen atoms in total. The van der Waals surface area contributed by atoms with E-state index in [2.05, 4.69) is 32.7 Å². The fourth-order valence-corrected chi connectivity index (χ4v) is 2.85. The first-order chi connectivity index (χ1) is 11.2. The van der Waals surface area contributed by atoms with E-state index < -0.39 is 0 Å². The molecule has 3 rings (SSSR count). The van der Waals surface area contributed by atoms with E-state index in [0.717, 1.165) is 37.0 Å². The van der Waals surface area contributed by atoms with Gasteiger partial charge >= 0.3 is 6.03 Å². The number of nitrogens with one attached hydrogen (secondary N) is 2. The Hall–Kier alpha value is -2.15. The quantitative estimate of drug-likeness (QED) is 0.871. The molecule has 0 aromatic carbocycles. The smallest absolute Gasteiger partial charge is 0.315 e. The number of aromatic nitrogens is 3. The summed E-state index contributed by atoms with van der Waals surface area (Å²) < 4.78 is 1.87.